The Balaban J connectivity index is 1.69. The molecule has 1 aliphatic rings. The number of aryl methyl sites for hydroxylation is 2. The third kappa shape index (κ3) is 2.39. The number of amides is 1. The number of benzene rings is 1. The Kier molecular flexibility index (Phi) is 3.18. The molecule has 20 heavy (non-hydrogen) atoms. The van der Waals surface area contributed by atoms with Crippen LogP contribution >= 0.6 is 0 Å². The van der Waals surface area contributed by atoms with Crippen molar-refractivity contribution in [2.75, 3.05) is 5.32 Å². The van der Waals surface area contributed by atoms with Gasteiger partial charge in [0, 0.05) is 37.0 Å². The van der Waals surface area contributed by atoms with Gasteiger partial charge in [0.05, 0.1) is 0 Å². The Morgan fingerprint density at radius 3 is 3.15 bits per heavy atom. The van der Waals surface area contributed by atoms with Crippen LogP contribution in [0.5, 0.6) is 5.75 Å². The molecule has 0 unspecified atom stereocenters. The lowest BCUT2D eigenvalue weighted by Crippen LogP contribution is -2.30. The number of carbonyl (C=O) groups is 1. The number of fused-ring (bicyclic) bond motifs is 1. The van der Waals surface area contributed by atoms with E-state index in [4.69, 9.17) is 0 Å². The number of imidazole rings is 1. The summed E-state index contributed by atoms with van der Waals surface area (Å²) >= 11 is 0. The first-order valence-corrected chi connectivity index (χ1v) is 6.74. The number of rotatable bonds is 2. The highest BCUT2D eigenvalue weighted by Gasteiger charge is 2.25. The summed E-state index contributed by atoms with van der Waals surface area (Å²) < 4.78 is 2.09. The van der Waals surface area contributed by atoms with Gasteiger partial charge in [-0.1, -0.05) is 0 Å². The number of carbonyl (C=O) groups excluding carboxylic acids is 1. The minimum Gasteiger partial charge on any atom is -0.508 e. The molecule has 0 bridgehead atoms. The molecular formula is C15H17N3O2. The summed E-state index contributed by atoms with van der Waals surface area (Å²) in [5.41, 5.74) is 1.47. The number of hydrogen-bond donors (Lipinski definition) is 2. The topological polar surface area (TPSA) is 67.2 Å². The normalized spacial score (nSPS) is 17.6. The van der Waals surface area contributed by atoms with Gasteiger partial charge in [-0.15, -0.1) is 0 Å². The highest BCUT2D eigenvalue weighted by atomic mass is 16.3. The summed E-state index contributed by atoms with van der Waals surface area (Å²) in [5.74, 6) is 1.18. The predicted molar refractivity (Wildman–Crippen MR) is 75.5 cm³/mol. The summed E-state index contributed by atoms with van der Waals surface area (Å²) in [5, 5.41) is 12.4. The molecule has 0 saturated carbocycles. The summed E-state index contributed by atoms with van der Waals surface area (Å²) in [6.07, 6.45) is 5.23. The molecule has 2 heterocycles. The van der Waals surface area contributed by atoms with E-state index >= 15 is 0 Å². The summed E-state index contributed by atoms with van der Waals surface area (Å²) in [7, 11) is 0. The number of aromatic hydroxyl groups is 1. The lowest BCUT2D eigenvalue weighted by Gasteiger charge is -2.22. The lowest BCUT2D eigenvalue weighted by molar-refractivity contribution is -0.120. The smallest absolute Gasteiger partial charge is 0.228 e. The molecule has 2 N–H and O–H groups in total. The van der Waals surface area contributed by atoms with Crippen LogP contribution in [0.3, 0.4) is 0 Å². The second-order valence-electron chi connectivity index (χ2n) is 5.22. The number of hydrogen-bond acceptors (Lipinski definition) is 3. The minimum atomic E-state index is -0.0426. The Morgan fingerprint density at radius 1 is 1.50 bits per heavy atom. The van der Waals surface area contributed by atoms with Crippen LogP contribution in [0.15, 0.2) is 30.6 Å². The summed E-state index contributed by atoms with van der Waals surface area (Å²) in [4.78, 5) is 16.6. The van der Waals surface area contributed by atoms with Crippen LogP contribution in [0, 0.1) is 12.8 Å². The first-order chi connectivity index (χ1) is 9.63. The third-order valence-corrected chi connectivity index (χ3v) is 3.78. The van der Waals surface area contributed by atoms with Crippen LogP contribution in [0.25, 0.3) is 0 Å². The zero-order valence-electron chi connectivity index (χ0n) is 11.3. The molecule has 104 valence electrons. The standard InChI is InChI=1S/C15H17N3O2/c1-10-8-12(2-3-13(10)19)17-15(20)11-4-6-18-7-5-16-14(18)9-11/h2-3,5,7-8,11,19H,4,6,9H2,1H3,(H,17,20)/t11-/m0/s1. The molecule has 0 saturated heterocycles. The number of phenols is 1. The fraction of sp³-hybridized carbons (Fsp3) is 0.333. The van der Waals surface area contributed by atoms with Gasteiger partial charge in [-0.25, -0.2) is 4.98 Å². The second kappa shape index (κ2) is 5.00. The highest BCUT2D eigenvalue weighted by molar-refractivity contribution is 5.92. The Hall–Kier alpha value is -2.30. The van der Waals surface area contributed by atoms with Crippen molar-refractivity contribution in [2.45, 2.75) is 26.3 Å². The molecule has 1 atom stereocenters. The third-order valence-electron chi connectivity index (χ3n) is 3.78. The van der Waals surface area contributed by atoms with Crippen LogP contribution in [0.4, 0.5) is 5.69 Å². The zero-order chi connectivity index (χ0) is 14.1. The van der Waals surface area contributed by atoms with Crippen LogP contribution in [-0.4, -0.2) is 20.6 Å². The molecule has 0 aliphatic carbocycles. The summed E-state index contributed by atoms with van der Waals surface area (Å²) in [6, 6.07) is 5.08. The van der Waals surface area contributed by atoms with Gasteiger partial charge in [-0.3, -0.25) is 4.79 Å². The van der Waals surface area contributed by atoms with E-state index in [1.807, 2.05) is 13.1 Å². The molecule has 5 heteroatoms. The Bertz CT molecular complexity index is 648. The molecule has 3 rings (SSSR count). The molecule has 0 fully saturated rings. The van der Waals surface area contributed by atoms with Crippen molar-refractivity contribution in [3.8, 4) is 5.75 Å². The quantitative estimate of drug-likeness (QED) is 0.822. The Morgan fingerprint density at radius 2 is 2.35 bits per heavy atom. The van der Waals surface area contributed by atoms with Gasteiger partial charge in [-0.2, -0.15) is 0 Å². The Labute approximate surface area is 117 Å². The van der Waals surface area contributed by atoms with Crippen molar-refractivity contribution < 1.29 is 9.90 Å². The van der Waals surface area contributed by atoms with Crippen molar-refractivity contribution >= 4 is 11.6 Å². The maximum atomic E-state index is 12.3. The van der Waals surface area contributed by atoms with Crippen molar-refractivity contribution in [1.29, 1.82) is 0 Å². The van der Waals surface area contributed by atoms with E-state index in [1.165, 1.54) is 0 Å². The number of phenolic OH excluding ortho intramolecular Hbond substituents is 1. The van der Waals surface area contributed by atoms with E-state index in [9.17, 15) is 9.90 Å². The molecular weight excluding hydrogens is 254 g/mol. The average molecular weight is 271 g/mol. The van der Waals surface area contributed by atoms with Gasteiger partial charge in [0.15, 0.2) is 0 Å². The van der Waals surface area contributed by atoms with E-state index in [0.29, 0.717) is 6.42 Å². The molecule has 1 aliphatic heterocycles. The number of anilines is 1. The lowest BCUT2D eigenvalue weighted by atomic mass is 9.96. The van der Waals surface area contributed by atoms with E-state index < -0.39 is 0 Å². The van der Waals surface area contributed by atoms with Crippen LogP contribution in [0.2, 0.25) is 0 Å². The first-order valence-electron chi connectivity index (χ1n) is 6.74. The summed E-state index contributed by atoms with van der Waals surface area (Å²) in [6.45, 7) is 2.64. The van der Waals surface area contributed by atoms with Crippen molar-refractivity contribution in [3.63, 3.8) is 0 Å². The van der Waals surface area contributed by atoms with Gasteiger partial charge in [0.2, 0.25) is 5.91 Å². The maximum absolute atomic E-state index is 12.3. The van der Waals surface area contributed by atoms with Gasteiger partial charge >= 0.3 is 0 Å². The van der Waals surface area contributed by atoms with E-state index in [-0.39, 0.29) is 17.6 Å². The predicted octanol–water partition coefficient (Wildman–Crippen LogP) is 2.10. The van der Waals surface area contributed by atoms with Gasteiger partial charge in [0.25, 0.3) is 0 Å². The number of nitrogens with one attached hydrogen (secondary N) is 1. The van der Waals surface area contributed by atoms with Gasteiger partial charge in [-0.05, 0) is 37.1 Å². The van der Waals surface area contributed by atoms with Crippen LogP contribution < -0.4 is 5.32 Å². The molecule has 1 aromatic carbocycles. The highest BCUT2D eigenvalue weighted by Crippen LogP contribution is 2.23. The second-order valence-corrected chi connectivity index (χ2v) is 5.22. The molecule has 5 nitrogen and oxygen atoms in total. The van der Waals surface area contributed by atoms with E-state index in [1.54, 1.807) is 24.4 Å². The van der Waals surface area contributed by atoms with Crippen molar-refractivity contribution in [3.05, 3.63) is 42.0 Å². The molecule has 1 aromatic heterocycles. The first kappa shape index (κ1) is 12.7. The number of nitrogens with zero attached hydrogens (tertiary/aromatic N) is 2. The molecule has 2 aromatic rings. The fourth-order valence-corrected chi connectivity index (χ4v) is 2.55. The van der Waals surface area contributed by atoms with Gasteiger partial charge in [0.1, 0.15) is 11.6 Å². The minimum absolute atomic E-state index is 0.0179. The van der Waals surface area contributed by atoms with Crippen LogP contribution in [-0.2, 0) is 17.8 Å². The largest absolute Gasteiger partial charge is 0.508 e. The molecule has 1 amide bonds. The number of aromatic nitrogens is 2. The van der Waals surface area contributed by atoms with Crippen molar-refractivity contribution in [1.82, 2.24) is 9.55 Å². The zero-order valence-corrected chi connectivity index (χ0v) is 11.3. The van der Waals surface area contributed by atoms with Crippen molar-refractivity contribution in [2.24, 2.45) is 5.92 Å². The SMILES string of the molecule is Cc1cc(NC(=O)[C@H]2CCn3ccnc3C2)ccc1O. The van der Waals surface area contributed by atoms with E-state index in [0.717, 1.165) is 30.0 Å². The fourth-order valence-electron chi connectivity index (χ4n) is 2.55. The monoisotopic (exact) mass is 271 g/mol. The van der Waals surface area contributed by atoms with E-state index in [2.05, 4.69) is 14.9 Å². The maximum Gasteiger partial charge on any atom is 0.228 e. The van der Waals surface area contributed by atoms with Gasteiger partial charge < -0.3 is 15.0 Å². The molecule has 0 radical (unpaired) electrons. The average Bonchev–Trinajstić information content (AvgIpc) is 2.90. The molecule has 0 spiro atoms. The van der Waals surface area contributed by atoms with Crippen LogP contribution in [0.1, 0.15) is 17.8 Å².